The van der Waals surface area contributed by atoms with Crippen molar-refractivity contribution in [3.8, 4) is 0 Å². The van der Waals surface area contributed by atoms with E-state index in [4.69, 9.17) is 9.73 Å². The number of nitrogens with zero attached hydrogens (tertiary/aromatic N) is 2. The molecule has 0 amide bonds. The summed E-state index contributed by atoms with van der Waals surface area (Å²) in [6.45, 7) is 7.79. The van der Waals surface area contributed by atoms with E-state index in [9.17, 15) is 0 Å². The first kappa shape index (κ1) is 16.8. The molecule has 4 nitrogen and oxygen atoms in total. The average molecular weight is 322 g/mol. The molecule has 1 aromatic carbocycles. The van der Waals surface area contributed by atoms with Crippen LogP contribution in [0, 0.1) is 0 Å². The van der Waals surface area contributed by atoms with Gasteiger partial charge in [0, 0.05) is 30.9 Å². The second-order valence-electron chi connectivity index (χ2n) is 6.22. The van der Waals surface area contributed by atoms with Crippen LogP contribution in [0.3, 0.4) is 0 Å². The summed E-state index contributed by atoms with van der Waals surface area (Å²) < 4.78 is 5.43. The fourth-order valence-electron chi connectivity index (χ4n) is 2.80. The Balaban J connectivity index is 0.00000176. The van der Waals surface area contributed by atoms with Crippen molar-refractivity contribution in [2.45, 2.75) is 25.8 Å². The monoisotopic (exact) mass is 321 g/mol. The summed E-state index contributed by atoms with van der Waals surface area (Å²) >= 11 is 0. The molecule has 0 saturated carbocycles. The van der Waals surface area contributed by atoms with E-state index in [1.54, 1.807) is 0 Å². The van der Waals surface area contributed by atoms with E-state index in [1.165, 1.54) is 5.70 Å². The van der Waals surface area contributed by atoms with E-state index in [0.29, 0.717) is 0 Å². The minimum atomic E-state index is -0.0699. The minimum Gasteiger partial charge on any atom is -0.378 e. The number of ether oxygens (including phenoxy) is 1. The lowest BCUT2D eigenvalue weighted by molar-refractivity contribution is 0.0679. The highest BCUT2D eigenvalue weighted by Gasteiger charge is 2.26. The molecule has 0 spiro atoms. The van der Waals surface area contributed by atoms with Gasteiger partial charge < -0.3 is 15.0 Å². The molecule has 3 rings (SSSR count). The third-order valence-corrected chi connectivity index (χ3v) is 3.76. The number of morpholine rings is 1. The van der Waals surface area contributed by atoms with Gasteiger partial charge >= 0.3 is 0 Å². The second kappa shape index (κ2) is 7.16. The minimum absolute atomic E-state index is 0. The fraction of sp³-hybridized carbons (Fsp3) is 0.471. The molecule has 1 aromatic rings. The van der Waals surface area contributed by atoms with E-state index in [-0.39, 0.29) is 17.9 Å². The Morgan fingerprint density at radius 3 is 2.50 bits per heavy atom. The molecule has 0 radical (unpaired) electrons. The summed E-state index contributed by atoms with van der Waals surface area (Å²) in [5, 5.41) is 3.53. The number of amidine groups is 1. The number of anilines is 1. The van der Waals surface area contributed by atoms with Gasteiger partial charge in [-0.05, 0) is 32.1 Å². The number of nitrogens with one attached hydrogen (secondary N) is 1. The molecule has 120 valence electrons. The first-order valence-corrected chi connectivity index (χ1v) is 7.58. The number of dihydropyridines is 1. The van der Waals surface area contributed by atoms with Crippen molar-refractivity contribution in [2.24, 2.45) is 4.99 Å². The normalized spacial score (nSPS) is 20.5. The Kier molecular flexibility index (Phi) is 5.48. The van der Waals surface area contributed by atoms with Crippen molar-refractivity contribution in [1.82, 2.24) is 4.90 Å². The van der Waals surface area contributed by atoms with Crippen molar-refractivity contribution in [3.63, 3.8) is 0 Å². The molecule has 5 heteroatoms. The molecule has 1 saturated heterocycles. The highest BCUT2D eigenvalue weighted by molar-refractivity contribution is 5.95. The number of hydrogen-bond donors (Lipinski definition) is 1. The molecule has 1 fully saturated rings. The van der Waals surface area contributed by atoms with Crippen LogP contribution in [0.5, 0.6) is 0 Å². The molecule has 0 bridgehead atoms. The maximum absolute atomic E-state index is 5.43. The van der Waals surface area contributed by atoms with E-state index in [1.807, 2.05) is 18.2 Å². The van der Waals surface area contributed by atoms with E-state index < -0.39 is 0 Å². The Hall–Kier alpha value is -1.52. The molecule has 0 unspecified atom stereocenters. The fourth-order valence-corrected chi connectivity index (χ4v) is 2.80. The SMILES string of the molecule is CC1(C)CC(Nc2ccccc2)=CC(N2CCOCC2)=N1.Cl. The summed E-state index contributed by atoms with van der Waals surface area (Å²) in [6.07, 6.45) is 3.11. The van der Waals surface area contributed by atoms with Gasteiger partial charge in [-0.15, -0.1) is 12.4 Å². The maximum Gasteiger partial charge on any atom is 0.125 e. The maximum atomic E-state index is 5.43. The lowest BCUT2D eigenvalue weighted by atomic mass is 9.96. The van der Waals surface area contributed by atoms with Gasteiger partial charge in [0.05, 0.1) is 18.8 Å². The van der Waals surface area contributed by atoms with Crippen LogP contribution in [0.2, 0.25) is 0 Å². The smallest absolute Gasteiger partial charge is 0.125 e. The third kappa shape index (κ3) is 4.24. The van der Waals surface area contributed by atoms with Crippen molar-refractivity contribution >= 4 is 23.9 Å². The zero-order chi connectivity index (χ0) is 14.7. The standard InChI is InChI=1S/C17H23N3O.ClH/c1-17(2)13-15(18-14-6-4-3-5-7-14)12-16(19-17)20-8-10-21-11-9-20;/h3-7,12,18H,8-11,13H2,1-2H3;1H. The molecular weight excluding hydrogens is 298 g/mol. The molecular formula is C17H24ClN3O. The van der Waals surface area contributed by atoms with Gasteiger partial charge in [0.25, 0.3) is 0 Å². The van der Waals surface area contributed by atoms with Crippen LogP contribution in [0.1, 0.15) is 20.3 Å². The van der Waals surface area contributed by atoms with Gasteiger partial charge in [0.1, 0.15) is 5.84 Å². The average Bonchev–Trinajstić information content (AvgIpc) is 2.47. The van der Waals surface area contributed by atoms with Crippen LogP contribution < -0.4 is 5.32 Å². The predicted molar refractivity (Wildman–Crippen MR) is 93.9 cm³/mol. The lowest BCUT2D eigenvalue weighted by Gasteiger charge is -2.35. The van der Waals surface area contributed by atoms with Gasteiger partial charge in [0.15, 0.2) is 0 Å². The molecule has 0 aromatic heterocycles. The molecule has 1 N–H and O–H groups in total. The molecule has 2 aliphatic rings. The van der Waals surface area contributed by atoms with Crippen molar-refractivity contribution in [1.29, 1.82) is 0 Å². The number of benzene rings is 1. The quantitative estimate of drug-likeness (QED) is 0.908. The molecule has 2 heterocycles. The lowest BCUT2D eigenvalue weighted by Crippen LogP contribution is -2.43. The summed E-state index contributed by atoms with van der Waals surface area (Å²) in [5.41, 5.74) is 2.28. The van der Waals surface area contributed by atoms with E-state index >= 15 is 0 Å². The van der Waals surface area contributed by atoms with Crippen LogP contribution in [0.15, 0.2) is 47.1 Å². The predicted octanol–water partition coefficient (Wildman–Crippen LogP) is 3.32. The third-order valence-electron chi connectivity index (χ3n) is 3.76. The Morgan fingerprint density at radius 2 is 1.82 bits per heavy atom. The van der Waals surface area contributed by atoms with Crippen LogP contribution in [-0.4, -0.2) is 42.6 Å². The molecule has 0 aliphatic carbocycles. The van der Waals surface area contributed by atoms with E-state index in [0.717, 1.165) is 44.2 Å². The topological polar surface area (TPSA) is 36.9 Å². The van der Waals surface area contributed by atoms with E-state index in [2.05, 4.69) is 42.3 Å². The number of halogens is 1. The Morgan fingerprint density at radius 1 is 1.14 bits per heavy atom. The first-order valence-electron chi connectivity index (χ1n) is 7.58. The highest BCUT2D eigenvalue weighted by Crippen LogP contribution is 2.27. The van der Waals surface area contributed by atoms with Crippen LogP contribution in [0.25, 0.3) is 0 Å². The summed E-state index contributed by atoms with van der Waals surface area (Å²) in [5.74, 6) is 1.08. The second-order valence-corrected chi connectivity index (χ2v) is 6.22. The van der Waals surface area contributed by atoms with Gasteiger partial charge in [0.2, 0.25) is 0 Å². The van der Waals surface area contributed by atoms with Gasteiger partial charge in [-0.25, -0.2) is 0 Å². The van der Waals surface area contributed by atoms with Gasteiger partial charge in [-0.1, -0.05) is 18.2 Å². The zero-order valence-electron chi connectivity index (χ0n) is 13.2. The number of para-hydroxylation sites is 1. The number of rotatable bonds is 2. The van der Waals surface area contributed by atoms with Crippen LogP contribution in [-0.2, 0) is 4.74 Å². The van der Waals surface area contributed by atoms with Crippen molar-refractivity contribution in [3.05, 3.63) is 42.1 Å². The highest BCUT2D eigenvalue weighted by atomic mass is 35.5. The summed E-state index contributed by atoms with van der Waals surface area (Å²) in [7, 11) is 0. The number of aliphatic imine (C=N–C) groups is 1. The zero-order valence-corrected chi connectivity index (χ0v) is 14.0. The van der Waals surface area contributed by atoms with Crippen molar-refractivity contribution < 1.29 is 4.74 Å². The van der Waals surface area contributed by atoms with Gasteiger partial charge in [-0.3, -0.25) is 4.99 Å². The molecule has 22 heavy (non-hydrogen) atoms. The molecule has 2 aliphatic heterocycles. The summed E-state index contributed by atoms with van der Waals surface area (Å²) in [4.78, 5) is 7.22. The van der Waals surface area contributed by atoms with Crippen LogP contribution in [0.4, 0.5) is 5.69 Å². The first-order chi connectivity index (χ1) is 10.1. The van der Waals surface area contributed by atoms with Gasteiger partial charge in [-0.2, -0.15) is 0 Å². The molecule has 0 atom stereocenters. The Bertz CT molecular complexity index is 548. The summed E-state index contributed by atoms with van der Waals surface area (Å²) in [6, 6.07) is 10.3. The largest absolute Gasteiger partial charge is 0.378 e. The Labute approximate surface area is 138 Å². The van der Waals surface area contributed by atoms with Crippen LogP contribution >= 0.6 is 12.4 Å². The van der Waals surface area contributed by atoms with Crippen molar-refractivity contribution in [2.75, 3.05) is 31.6 Å². The number of hydrogen-bond acceptors (Lipinski definition) is 4.